The topological polar surface area (TPSA) is 115 Å². The van der Waals surface area contributed by atoms with Crippen molar-refractivity contribution in [3.05, 3.63) is 86.8 Å². The quantitative estimate of drug-likeness (QED) is 0.499. The van der Waals surface area contributed by atoms with Crippen molar-refractivity contribution in [2.45, 2.75) is 13.0 Å². The summed E-state index contributed by atoms with van der Waals surface area (Å²) in [6.07, 6.45) is 1.38. The number of nitro benzene ring substituents is 1. The van der Waals surface area contributed by atoms with Crippen molar-refractivity contribution < 1.29 is 9.72 Å². The van der Waals surface area contributed by atoms with Crippen molar-refractivity contribution in [3.63, 3.8) is 0 Å². The van der Waals surface area contributed by atoms with Crippen LogP contribution in [0.15, 0.2) is 66.1 Å². The van der Waals surface area contributed by atoms with E-state index in [9.17, 15) is 14.9 Å². The molecule has 4 rings (SSSR count). The highest BCUT2D eigenvalue weighted by molar-refractivity contribution is 6.30. The highest BCUT2D eigenvalue weighted by Gasteiger charge is 2.33. The predicted octanol–water partition coefficient (Wildman–Crippen LogP) is 3.77. The summed E-state index contributed by atoms with van der Waals surface area (Å²) in [6, 6.07) is 12.2. The van der Waals surface area contributed by atoms with Crippen LogP contribution in [-0.2, 0) is 4.79 Å². The fraction of sp³-hybridized carbons (Fsp3) is 0.105. The van der Waals surface area contributed by atoms with E-state index in [-0.39, 0.29) is 11.6 Å². The molecule has 0 bridgehead atoms. The van der Waals surface area contributed by atoms with Crippen molar-refractivity contribution in [3.8, 4) is 0 Å². The number of halogens is 1. The number of carbonyl (C=O) groups is 1. The number of hydrogen-bond acceptors (Lipinski definition) is 6. The number of carbonyl (C=O) groups excluding carboxylic acids is 1. The van der Waals surface area contributed by atoms with E-state index in [1.54, 1.807) is 48.0 Å². The first-order valence-electron chi connectivity index (χ1n) is 8.62. The Kier molecular flexibility index (Phi) is 4.73. The summed E-state index contributed by atoms with van der Waals surface area (Å²) in [5.41, 5.74) is 2.26. The summed E-state index contributed by atoms with van der Waals surface area (Å²) >= 11 is 5.90. The molecule has 9 nitrogen and oxygen atoms in total. The van der Waals surface area contributed by atoms with Crippen LogP contribution in [0.1, 0.15) is 18.5 Å². The second kappa shape index (κ2) is 7.36. The molecule has 2 aromatic carbocycles. The molecular formula is C19H15ClN6O3. The van der Waals surface area contributed by atoms with Crippen LogP contribution >= 0.6 is 11.6 Å². The Bertz CT molecular complexity index is 1120. The molecule has 29 heavy (non-hydrogen) atoms. The third kappa shape index (κ3) is 3.55. The van der Waals surface area contributed by atoms with E-state index in [0.29, 0.717) is 33.5 Å². The first-order chi connectivity index (χ1) is 13.9. The lowest BCUT2D eigenvalue weighted by Gasteiger charge is -2.28. The molecule has 0 spiro atoms. The lowest BCUT2D eigenvalue weighted by atomic mass is 9.95. The van der Waals surface area contributed by atoms with E-state index in [1.165, 1.54) is 18.5 Å². The van der Waals surface area contributed by atoms with E-state index >= 15 is 0 Å². The van der Waals surface area contributed by atoms with E-state index in [4.69, 9.17) is 11.6 Å². The summed E-state index contributed by atoms with van der Waals surface area (Å²) in [7, 11) is 0. The van der Waals surface area contributed by atoms with Gasteiger partial charge in [-0.3, -0.25) is 14.9 Å². The number of amides is 1. The number of nitrogens with zero attached hydrogens (tertiary/aromatic N) is 4. The standard InChI is InChI=1S/C19H15ClN6O3/c1-11-16(18(27)24-14-6-4-13(20)5-7-14)17(25-19(23-11)21-10-22-25)12-2-8-15(9-3-12)26(28)29/h2-10,17H,1H3,(H,24,27)(H,21,22,23)/t17-/m0/s1. The Labute approximate surface area is 170 Å². The number of allylic oxidation sites excluding steroid dienone is 1. The molecule has 1 aromatic heterocycles. The minimum atomic E-state index is -0.596. The van der Waals surface area contributed by atoms with Crippen LogP contribution in [0.2, 0.25) is 5.02 Å². The van der Waals surface area contributed by atoms with Crippen LogP contribution in [-0.4, -0.2) is 25.6 Å². The number of nitro groups is 1. The van der Waals surface area contributed by atoms with Gasteiger partial charge in [-0.25, -0.2) is 4.68 Å². The van der Waals surface area contributed by atoms with Gasteiger partial charge in [0.1, 0.15) is 12.4 Å². The van der Waals surface area contributed by atoms with Crippen LogP contribution in [0.3, 0.4) is 0 Å². The molecule has 1 atom stereocenters. The lowest BCUT2D eigenvalue weighted by molar-refractivity contribution is -0.384. The first kappa shape index (κ1) is 18.6. The van der Waals surface area contributed by atoms with Gasteiger partial charge in [0, 0.05) is 28.5 Å². The molecule has 2 N–H and O–H groups in total. The molecule has 1 amide bonds. The molecule has 0 fully saturated rings. The summed E-state index contributed by atoms with van der Waals surface area (Å²) in [4.78, 5) is 27.8. The Hall–Kier alpha value is -3.72. The maximum atomic E-state index is 13.1. The molecule has 10 heteroatoms. The van der Waals surface area contributed by atoms with Gasteiger partial charge in [0.15, 0.2) is 0 Å². The van der Waals surface area contributed by atoms with Gasteiger partial charge in [-0.15, -0.1) is 0 Å². The van der Waals surface area contributed by atoms with Gasteiger partial charge in [-0.1, -0.05) is 11.6 Å². The number of rotatable bonds is 4. The normalized spacial score (nSPS) is 15.4. The Balaban J connectivity index is 1.74. The van der Waals surface area contributed by atoms with Crippen LogP contribution in [0.5, 0.6) is 0 Å². The molecule has 2 heterocycles. The zero-order valence-corrected chi connectivity index (χ0v) is 15.9. The third-order valence-electron chi connectivity index (χ3n) is 4.56. The van der Waals surface area contributed by atoms with Crippen molar-refractivity contribution in [2.75, 3.05) is 10.6 Å². The second-order valence-electron chi connectivity index (χ2n) is 6.40. The van der Waals surface area contributed by atoms with Crippen molar-refractivity contribution in [1.29, 1.82) is 0 Å². The number of hydrogen-bond donors (Lipinski definition) is 2. The van der Waals surface area contributed by atoms with Gasteiger partial charge in [0.05, 0.1) is 10.5 Å². The van der Waals surface area contributed by atoms with Gasteiger partial charge < -0.3 is 10.6 Å². The Morgan fingerprint density at radius 3 is 2.55 bits per heavy atom. The van der Waals surface area contributed by atoms with Crippen molar-refractivity contribution in [1.82, 2.24) is 14.8 Å². The highest BCUT2D eigenvalue weighted by atomic mass is 35.5. The molecule has 0 unspecified atom stereocenters. The van der Waals surface area contributed by atoms with E-state index in [2.05, 4.69) is 20.7 Å². The monoisotopic (exact) mass is 410 g/mol. The molecule has 1 aliphatic heterocycles. The molecular weight excluding hydrogens is 396 g/mol. The predicted molar refractivity (Wildman–Crippen MR) is 108 cm³/mol. The molecule has 0 radical (unpaired) electrons. The SMILES string of the molecule is CC1=C(C(=O)Nc2ccc(Cl)cc2)[C@H](c2ccc([N+](=O)[O-])cc2)n2ncnc2N1. The molecule has 0 saturated heterocycles. The minimum Gasteiger partial charge on any atom is -0.328 e. The molecule has 146 valence electrons. The molecule has 1 aliphatic rings. The van der Waals surface area contributed by atoms with Crippen LogP contribution in [0, 0.1) is 10.1 Å². The summed E-state index contributed by atoms with van der Waals surface area (Å²) in [5, 5.41) is 21.7. The van der Waals surface area contributed by atoms with Gasteiger partial charge in [-0.05, 0) is 48.9 Å². The summed E-state index contributed by atoms with van der Waals surface area (Å²) < 4.78 is 1.57. The fourth-order valence-corrected chi connectivity index (χ4v) is 3.33. The average Bonchev–Trinajstić information content (AvgIpc) is 3.16. The van der Waals surface area contributed by atoms with Gasteiger partial charge >= 0.3 is 0 Å². The third-order valence-corrected chi connectivity index (χ3v) is 4.81. The molecule has 0 aliphatic carbocycles. The summed E-state index contributed by atoms with van der Waals surface area (Å²) in [5.74, 6) is 0.149. The molecule has 3 aromatic rings. The maximum absolute atomic E-state index is 13.1. The van der Waals surface area contributed by atoms with E-state index in [0.717, 1.165) is 0 Å². The van der Waals surface area contributed by atoms with Gasteiger partial charge in [0.25, 0.3) is 11.6 Å². The van der Waals surface area contributed by atoms with Crippen LogP contribution < -0.4 is 10.6 Å². The zero-order valence-electron chi connectivity index (χ0n) is 15.2. The first-order valence-corrected chi connectivity index (χ1v) is 9.00. The van der Waals surface area contributed by atoms with Crippen molar-refractivity contribution in [2.24, 2.45) is 0 Å². The number of aromatic nitrogens is 3. The zero-order chi connectivity index (χ0) is 20.5. The Morgan fingerprint density at radius 2 is 1.90 bits per heavy atom. The molecule has 0 saturated carbocycles. The van der Waals surface area contributed by atoms with E-state index in [1.807, 2.05) is 0 Å². The number of non-ortho nitro benzene ring substituents is 1. The van der Waals surface area contributed by atoms with Gasteiger partial charge in [-0.2, -0.15) is 10.1 Å². The average molecular weight is 411 g/mol. The Morgan fingerprint density at radius 1 is 1.21 bits per heavy atom. The van der Waals surface area contributed by atoms with Gasteiger partial charge in [0.2, 0.25) is 5.95 Å². The largest absolute Gasteiger partial charge is 0.328 e. The number of nitrogens with one attached hydrogen (secondary N) is 2. The number of anilines is 2. The smallest absolute Gasteiger partial charge is 0.269 e. The van der Waals surface area contributed by atoms with Crippen LogP contribution in [0.4, 0.5) is 17.3 Å². The van der Waals surface area contributed by atoms with Crippen molar-refractivity contribution >= 4 is 34.8 Å². The summed E-state index contributed by atoms with van der Waals surface area (Å²) in [6.45, 7) is 1.77. The fourth-order valence-electron chi connectivity index (χ4n) is 3.20. The second-order valence-corrected chi connectivity index (χ2v) is 6.84. The number of benzene rings is 2. The number of fused-ring (bicyclic) bond motifs is 1. The highest BCUT2D eigenvalue weighted by Crippen LogP contribution is 2.35. The maximum Gasteiger partial charge on any atom is 0.269 e. The van der Waals surface area contributed by atoms with E-state index < -0.39 is 11.0 Å². The lowest BCUT2D eigenvalue weighted by Crippen LogP contribution is -2.31. The van der Waals surface area contributed by atoms with Crippen LogP contribution in [0.25, 0.3) is 0 Å². The minimum absolute atomic E-state index is 0.0330.